The standard InChI is InChI=1S/C15H17NO/c1-2-15(11-6-8-13(16)9-7-11)12-4-3-5-14(17)10-12/h3-10,15,17H,2,16H2,1H3. The molecule has 0 heterocycles. The van der Waals surface area contributed by atoms with Gasteiger partial charge in [-0.2, -0.15) is 0 Å². The largest absolute Gasteiger partial charge is 0.508 e. The summed E-state index contributed by atoms with van der Waals surface area (Å²) >= 11 is 0. The number of phenolic OH excluding ortho intramolecular Hbond substituents is 1. The number of benzene rings is 2. The Morgan fingerprint density at radius 2 is 1.76 bits per heavy atom. The van der Waals surface area contributed by atoms with Gasteiger partial charge in [0.15, 0.2) is 0 Å². The molecule has 0 amide bonds. The predicted octanol–water partition coefficient (Wildman–Crippen LogP) is 3.52. The lowest BCUT2D eigenvalue weighted by Crippen LogP contribution is -1.99. The predicted molar refractivity (Wildman–Crippen MR) is 71.1 cm³/mol. The third-order valence-electron chi connectivity index (χ3n) is 3.02. The molecule has 2 aromatic carbocycles. The topological polar surface area (TPSA) is 46.2 Å². The van der Waals surface area contributed by atoms with Gasteiger partial charge in [0.2, 0.25) is 0 Å². The summed E-state index contributed by atoms with van der Waals surface area (Å²) in [6, 6.07) is 15.4. The first kappa shape index (κ1) is 11.5. The molecule has 0 fully saturated rings. The summed E-state index contributed by atoms with van der Waals surface area (Å²) in [6.07, 6.45) is 0.993. The molecule has 0 aliphatic carbocycles. The Bertz CT molecular complexity index is 491. The Kier molecular flexibility index (Phi) is 3.33. The molecule has 0 aromatic heterocycles. The maximum absolute atomic E-state index is 9.53. The maximum Gasteiger partial charge on any atom is 0.115 e. The van der Waals surface area contributed by atoms with Crippen molar-refractivity contribution in [2.24, 2.45) is 0 Å². The molecule has 88 valence electrons. The van der Waals surface area contributed by atoms with Gasteiger partial charge in [-0.1, -0.05) is 31.2 Å². The molecule has 0 saturated carbocycles. The van der Waals surface area contributed by atoms with E-state index in [9.17, 15) is 5.11 Å². The Labute approximate surface area is 102 Å². The molecular weight excluding hydrogens is 210 g/mol. The number of rotatable bonds is 3. The smallest absolute Gasteiger partial charge is 0.115 e. The van der Waals surface area contributed by atoms with E-state index in [0.717, 1.165) is 17.7 Å². The van der Waals surface area contributed by atoms with Crippen LogP contribution in [0.2, 0.25) is 0 Å². The van der Waals surface area contributed by atoms with Gasteiger partial charge in [0.1, 0.15) is 5.75 Å². The molecule has 2 heteroatoms. The third kappa shape index (κ3) is 2.59. The number of hydrogen-bond donors (Lipinski definition) is 2. The van der Waals surface area contributed by atoms with Crippen LogP contribution in [0.5, 0.6) is 5.75 Å². The van der Waals surface area contributed by atoms with Gasteiger partial charge in [-0.15, -0.1) is 0 Å². The zero-order chi connectivity index (χ0) is 12.3. The van der Waals surface area contributed by atoms with E-state index in [2.05, 4.69) is 6.92 Å². The van der Waals surface area contributed by atoms with Crippen LogP contribution >= 0.6 is 0 Å². The maximum atomic E-state index is 9.53. The molecule has 0 aliphatic rings. The highest BCUT2D eigenvalue weighted by molar-refractivity contribution is 5.43. The normalized spacial score (nSPS) is 12.3. The molecule has 1 atom stereocenters. The Morgan fingerprint density at radius 3 is 2.35 bits per heavy atom. The zero-order valence-corrected chi connectivity index (χ0v) is 9.93. The minimum absolute atomic E-state index is 0.308. The lowest BCUT2D eigenvalue weighted by Gasteiger charge is -2.16. The van der Waals surface area contributed by atoms with E-state index in [-0.39, 0.29) is 0 Å². The first-order valence-corrected chi connectivity index (χ1v) is 5.85. The van der Waals surface area contributed by atoms with Crippen molar-refractivity contribution in [3.05, 3.63) is 59.7 Å². The van der Waals surface area contributed by atoms with E-state index >= 15 is 0 Å². The molecule has 2 aromatic rings. The van der Waals surface area contributed by atoms with Crippen LogP contribution in [0.4, 0.5) is 5.69 Å². The minimum atomic E-state index is 0.308. The van der Waals surface area contributed by atoms with Gasteiger partial charge in [-0.05, 0) is 41.8 Å². The summed E-state index contributed by atoms with van der Waals surface area (Å²) in [6.45, 7) is 2.14. The fourth-order valence-corrected chi connectivity index (χ4v) is 2.13. The number of aromatic hydroxyl groups is 1. The Hall–Kier alpha value is -1.96. The van der Waals surface area contributed by atoms with Crippen LogP contribution < -0.4 is 5.73 Å². The van der Waals surface area contributed by atoms with E-state index < -0.39 is 0 Å². The van der Waals surface area contributed by atoms with Crippen molar-refractivity contribution in [3.63, 3.8) is 0 Å². The van der Waals surface area contributed by atoms with Crippen molar-refractivity contribution in [2.75, 3.05) is 5.73 Å². The molecule has 0 saturated heterocycles. The number of anilines is 1. The minimum Gasteiger partial charge on any atom is -0.508 e. The summed E-state index contributed by atoms with van der Waals surface area (Å²) < 4.78 is 0. The highest BCUT2D eigenvalue weighted by atomic mass is 16.3. The fourth-order valence-electron chi connectivity index (χ4n) is 2.13. The van der Waals surface area contributed by atoms with Crippen LogP contribution in [0.3, 0.4) is 0 Å². The number of phenols is 1. The van der Waals surface area contributed by atoms with Gasteiger partial charge in [0.05, 0.1) is 0 Å². The molecule has 2 nitrogen and oxygen atoms in total. The van der Waals surface area contributed by atoms with Gasteiger partial charge < -0.3 is 10.8 Å². The van der Waals surface area contributed by atoms with Gasteiger partial charge in [0, 0.05) is 11.6 Å². The summed E-state index contributed by atoms with van der Waals surface area (Å²) in [5.41, 5.74) is 8.83. The number of nitrogens with two attached hydrogens (primary N) is 1. The van der Waals surface area contributed by atoms with E-state index in [1.165, 1.54) is 5.56 Å². The van der Waals surface area contributed by atoms with Crippen molar-refractivity contribution >= 4 is 5.69 Å². The molecule has 0 aliphatic heterocycles. The van der Waals surface area contributed by atoms with Crippen molar-refractivity contribution in [3.8, 4) is 5.75 Å². The first-order valence-electron chi connectivity index (χ1n) is 5.85. The Morgan fingerprint density at radius 1 is 1.06 bits per heavy atom. The molecule has 3 N–H and O–H groups in total. The third-order valence-corrected chi connectivity index (χ3v) is 3.02. The zero-order valence-electron chi connectivity index (χ0n) is 9.93. The van der Waals surface area contributed by atoms with E-state index in [0.29, 0.717) is 11.7 Å². The van der Waals surface area contributed by atoms with E-state index in [4.69, 9.17) is 5.73 Å². The van der Waals surface area contributed by atoms with Crippen LogP contribution in [0.1, 0.15) is 30.4 Å². The van der Waals surface area contributed by atoms with Crippen LogP contribution in [-0.4, -0.2) is 5.11 Å². The lowest BCUT2D eigenvalue weighted by atomic mass is 9.89. The average molecular weight is 227 g/mol. The summed E-state index contributed by atoms with van der Waals surface area (Å²) in [5.74, 6) is 0.624. The fraction of sp³-hybridized carbons (Fsp3) is 0.200. The second kappa shape index (κ2) is 4.91. The van der Waals surface area contributed by atoms with Crippen LogP contribution in [0, 0.1) is 0 Å². The highest BCUT2D eigenvalue weighted by Crippen LogP contribution is 2.29. The van der Waals surface area contributed by atoms with Crippen molar-refractivity contribution in [1.82, 2.24) is 0 Å². The summed E-state index contributed by atoms with van der Waals surface area (Å²) in [5, 5.41) is 9.53. The molecule has 1 unspecified atom stereocenters. The highest BCUT2D eigenvalue weighted by Gasteiger charge is 2.12. The number of hydrogen-bond acceptors (Lipinski definition) is 2. The molecule has 17 heavy (non-hydrogen) atoms. The van der Waals surface area contributed by atoms with Crippen LogP contribution in [0.15, 0.2) is 48.5 Å². The average Bonchev–Trinajstić information content (AvgIpc) is 2.33. The van der Waals surface area contributed by atoms with Gasteiger partial charge in [-0.3, -0.25) is 0 Å². The second-order valence-corrected chi connectivity index (χ2v) is 4.22. The molecular formula is C15H17NO. The molecule has 0 bridgehead atoms. The number of nitrogen functional groups attached to an aromatic ring is 1. The van der Waals surface area contributed by atoms with E-state index in [1.807, 2.05) is 42.5 Å². The monoisotopic (exact) mass is 227 g/mol. The second-order valence-electron chi connectivity index (χ2n) is 4.22. The quantitative estimate of drug-likeness (QED) is 0.788. The lowest BCUT2D eigenvalue weighted by molar-refractivity contribution is 0.474. The van der Waals surface area contributed by atoms with Crippen LogP contribution in [0.25, 0.3) is 0 Å². The van der Waals surface area contributed by atoms with E-state index in [1.54, 1.807) is 6.07 Å². The van der Waals surface area contributed by atoms with Gasteiger partial charge >= 0.3 is 0 Å². The first-order chi connectivity index (χ1) is 8.20. The molecule has 0 spiro atoms. The SMILES string of the molecule is CCC(c1ccc(N)cc1)c1cccc(O)c1. The van der Waals surface area contributed by atoms with Gasteiger partial charge in [-0.25, -0.2) is 0 Å². The molecule has 0 radical (unpaired) electrons. The van der Waals surface area contributed by atoms with Crippen LogP contribution in [-0.2, 0) is 0 Å². The van der Waals surface area contributed by atoms with Gasteiger partial charge in [0.25, 0.3) is 0 Å². The molecule has 2 rings (SSSR count). The van der Waals surface area contributed by atoms with Crippen molar-refractivity contribution < 1.29 is 5.11 Å². The van der Waals surface area contributed by atoms with Crippen molar-refractivity contribution in [1.29, 1.82) is 0 Å². The van der Waals surface area contributed by atoms with Crippen molar-refractivity contribution in [2.45, 2.75) is 19.3 Å². The summed E-state index contributed by atoms with van der Waals surface area (Å²) in [7, 11) is 0. The summed E-state index contributed by atoms with van der Waals surface area (Å²) in [4.78, 5) is 0. The Balaban J connectivity index is 2.36.